The van der Waals surface area contributed by atoms with Gasteiger partial charge in [-0.2, -0.15) is 0 Å². The molecule has 0 radical (unpaired) electrons. The summed E-state index contributed by atoms with van der Waals surface area (Å²) < 4.78 is 0. The first-order chi connectivity index (χ1) is 16.7. The van der Waals surface area contributed by atoms with Gasteiger partial charge in [0.25, 0.3) is 5.91 Å². The maximum absolute atomic E-state index is 13.7. The van der Waals surface area contributed by atoms with Gasteiger partial charge in [-0.1, -0.05) is 49.6 Å². The number of carbonyl (C=O) groups excluding carboxylic acids is 3. The number of amides is 4. The highest BCUT2D eigenvalue weighted by molar-refractivity contribution is 6.34. The fraction of sp³-hybridized carbons (Fsp3) is 0.423. The lowest BCUT2D eigenvalue weighted by Gasteiger charge is -2.29. The molecule has 3 rings (SSSR count). The SMILES string of the molecule is CCCCCN(C)c1ccc(C(=O)N2C[C@@H](C)N(C(=O)NCC(N)=O)Cc3ccccc32)c(Cl)c1. The van der Waals surface area contributed by atoms with Crippen LogP contribution in [0.1, 0.15) is 49.0 Å². The Morgan fingerprint density at radius 1 is 1.17 bits per heavy atom. The average molecular weight is 500 g/mol. The van der Waals surface area contributed by atoms with Gasteiger partial charge in [-0.25, -0.2) is 4.79 Å². The normalized spacial score (nSPS) is 15.3. The summed E-state index contributed by atoms with van der Waals surface area (Å²) in [6, 6.07) is 12.3. The summed E-state index contributed by atoms with van der Waals surface area (Å²) in [6.07, 6.45) is 3.41. The van der Waals surface area contributed by atoms with Crippen molar-refractivity contribution in [2.24, 2.45) is 5.73 Å². The molecule has 2 aromatic rings. The van der Waals surface area contributed by atoms with Crippen LogP contribution in [0.4, 0.5) is 16.2 Å². The van der Waals surface area contributed by atoms with Crippen LogP contribution < -0.4 is 20.9 Å². The van der Waals surface area contributed by atoms with Crippen molar-refractivity contribution < 1.29 is 14.4 Å². The minimum Gasteiger partial charge on any atom is -0.375 e. The van der Waals surface area contributed by atoms with E-state index in [1.807, 2.05) is 50.4 Å². The van der Waals surface area contributed by atoms with Crippen LogP contribution in [-0.2, 0) is 11.3 Å². The average Bonchev–Trinajstić information content (AvgIpc) is 2.98. The molecule has 35 heavy (non-hydrogen) atoms. The molecule has 0 spiro atoms. The summed E-state index contributed by atoms with van der Waals surface area (Å²) in [5, 5.41) is 2.93. The number of nitrogens with one attached hydrogen (secondary N) is 1. The molecule has 0 aliphatic carbocycles. The van der Waals surface area contributed by atoms with Crippen LogP contribution in [0, 0.1) is 0 Å². The number of unbranched alkanes of at least 4 members (excludes halogenated alkanes) is 2. The highest BCUT2D eigenvalue weighted by Crippen LogP contribution is 2.31. The minimum atomic E-state index is -0.618. The molecule has 3 N–H and O–H groups in total. The monoisotopic (exact) mass is 499 g/mol. The number of hydrogen-bond donors (Lipinski definition) is 2. The lowest BCUT2D eigenvalue weighted by Crippen LogP contribution is -2.49. The number of fused-ring (bicyclic) bond motifs is 1. The standard InChI is InChI=1S/C26H34ClN5O3/c1-4-5-8-13-30(3)20-11-12-21(22(27)14-20)25(34)32-16-18(2)31(26(35)29-15-24(28)33)17-19-9-6-7-10-23(19)32/h6-7,9-12,14,18H,4-5,8,13,15-17H2,1-3H3,(H2,28,33)(H,29,35)/t18-/m1/s1. The third-order valence-electron chi connectivity index (χ3n) is 6.24. The first-order valence-corrected chi connectivity index (χ1v) is 12.3. The number of nitrogens with zero attached hydrogens (tertiary/aromatic N) is 3. The smallest absolute Gasteiger partial charge is 0.318 e. The van der Waals surface area contributed by atoms with Crippen LogP contribution in [0.3, 0.4) is 0 Å². The van der Waals surface area contributed by atoms with Gasteiger partial charge < -0.3 is 25.8 Å². The number of nitrogens with two attached hydrogens (primary N) is 1. The second-order valence-corrected chi connectivity index (χ2v) is 9.35. The predicted octanol–water partition coefficient (Wildman–Crippen LogP) is 4.01. The topological polar surface area (TPSA) is 99.0 Å². The third kappa shape index (κ3) is 6.45. The molecule has 4 amide bonds. The van der Waals surface area contributed by atoms with Crippen LogP contribution in [-0.4, -0.2) is 55.5 Å². The van der Waals surface area contributed by atoms with Crippen molar-refractivity contribution in [2.45, 2.75) is 45.7 Å². The third-order valence-corrected chi connectivity index (χ3v) is 6.56. The fourth-order valence-corrected chi connectivity index (χ4v) is 4.48. The molecule has 1 aliphatic rings. The minimum absolute atomic E-state index is 0.228. The lowest BCUT2D eigenvalue weighted by atomic mass is 10.1. The van der Waals surface area contributed by atoms with Crippen LogP contribution in [0.2, 0.25) is 5.02 Å². The van der Waals surface area contributed by atoms with Gasteiger partial charge in [-0.3, -0.25) is 9.59 Å². The first-order valence-electron chi connectivity index (χ1n) is 12.0. The Bertz CT molecular complexity index is 1080. The summed E-state index contributed by atoms with van der Waals surface area (Å²) >= 11 is 6.61. The maximum Gasteiger partial charge on any atom is 0.318 e. The second kappa shape index (κ2) is 11.9. The number of anilines is 2. The van der Waals surface area contributed by atoms with E-state index in [2.05, 4.69) is 17.1 Å². The molecule has 2 aromatic carbocycles. The van der Waals surface area contributed by atoms with E-state index in [0.717, 1.165) is 36.3 Å². The number of rotatable bonds is 8. The van der Waals surface area contributed by atoms with Gasteiger partial charge in [0.15, 0.2) is 0 Å². The molecule has 8 nitrogen and oxygen atoms in total. The Morgan fingerprint density at radius 2 is 1.91 bits per heavy atom. The Hall–Kier alpha value is -3.26. The summed E-state index contributed by atoms with van der Waals surface area (Å²) in [4.78, 5) is 43.0. The van der Waals surface area contributed by atoms with E-state index in [1.165, 1.54) is 6.42 Å². The van der Waals surface area contributed by atoms with E-state index in [-0.39, 0.29) is 25.0 Å². The van der Waals surface area contributed by atoms with Crippen LogP contribution in [0.15, 0.2) is 42.5 Å². The number of halogens is 1. The molecule has 1 heterocycles. The highest BCUT2D eigenvalue weighted by atomic mass is 35.5. The first kappa shape index (κ1) is 26.3. The quantitative estimate of drug-likeness (QED) is 0.536. The van der Waals surface area contributed by atoms with Crippen LogP contribution >= 0.6 is 11.6 Å². The van der Waals surface area contributed by atoms with Crippen molar-refractivity contribution in [1.82, 2.24) is 10.2 Å². The molecular formula is C26H34ClN5O3. The number of urea groups is 1. The number of carbonyl (C=O) groups is 3. The zero-order valence-corrected chi connectivity index (χ0v) is 21.3. The van der Waals surface area contributed by atoms with Gasteiger partial charge >= 0.3 is 6.03 Å². The van der Waals surface area contributed by atoms with E-state index in [9.17, 15) is 14.4 Å². The molecule has 9 heteroatoms. The van der Waals surface area contributed by atoms with E-state index in [0.29, 0.717) is 17.1 Å². The molecule has 0 fully saturated rings. The lowest BCUT2D eigenvalue weighted by molar-refractivity contribution is -0.117. The number of benzene rings is 2. The molecule has 0 unspecified atom stereocenters. The van der Waals surface area contributed by atoms with Crippen molar-refractivity contribution in [3.8, 4) is 0 Å². The van der Waals surface area contributed by atoms with E-state index >= 15 is 0 Å². The second-order valence-electron chi connectivity index (χ2n) is 8.94. The summed E-state index contributed by atoms with van der Waals surface area (Å²) in [5.74, 6) is -0.846. The molecular weight excluding hydrogens is 466 g/mol. The maximum atomic E-state index is 13.7. The van der Waals surface area contributed by atoms with Crippen molar-refractivity contribution in [3.63, 3.8) is 0 Å². The zero-order valence-electron chi connectivity index (χ0n) is 20.6. The van der Waals surface area contributed by atoms with Gasteiger partial charge in [-0.05, 0) is 43.2 Å². The number of para-hydroxylation sites is 1. The van der Waals surface area contributed by atoms with Crippen LogP contribution in [0.25, 0.3) is 0 Å². The van der Waals surface area contributed by atoms with E-state index in [1.54, 1.807) is 15.9 Å². The largest absolute Gasteiger partial charge is 0.375 e. The molecule has 0 saturated heterocycles. The van der Waals surface area contributed by atoms with Crippen molar-refractivity contribution in [2.75, 3.05) is 36.5 Å². The fourth-order valence-electron chi connectivity index (χ4n) is 4.23. The van der Waals surface area contributed by atoms with Gasteiger partial charge in [0.1, 0.15) is 0 Å². The van der Waals surface area contributed by atoms with Gasteiger partial charge in [0.05, 0.1) is 17.1 Å². The Kier molecular flexibility index (Phi) is 8.98. The number of primary amides is 1. The summed E-state index contributed by atoms with van der Waals surface area (Å²) in [7, 11) is 2.02. The van der Waals surface area contributed by atoms with Crippen molar-refractivity contribution in [3.05, 3.63) is 58.6 Å². The van der Waals surface area contributed by atoms with Gasteiger partial charge in [0, 0.05) is 44.1 Å². The zero-order chi connectivity index (χ0) is 25.5. The highest BCUT2D eigenvalue weighted by Gasteiger charge is 2.32. The molecule has 0 bridgehead atoms. The summed E-state index contributed by atoms with van der Waals surface area (Å²) in [6.45, 7) is 5.27. The van der Waals surface area contributed by atoms with Gasteiger partial charge in [0.2, 0.25) is 5.91 Å². The Morgan fingerprint density at radius 3 is 2.60 bits per heavy atom. The van der Waals surface area contributed by atoms with E-state index in [4.69, 9.17) is 17.3 Å². The summed E-state index contributed by atoms with van der Waals surface area (Å²) in [5.41, 5.74) is 8.09. The molecule has 1 atom stereocenters. The van der Waals surface area contributed by atoms with Crippen LogP contribution in [0.5, 0.6) is 0 Å². The molecule has 1 aliphatic heterocycles. The number of hydrogen-bond acceptors (Lipinski definition) is 4. The van der Waals surface area contributed by atoms with Crippen molar-refractivity contribution in [1.29, 1.82) is 0 Å². The molecule has 0 saturated carbocycles. The van der Waals surface area contributed by atoms with Gasteiger partial charge in [-0.15, -0.1) is 0 Å². The Labute approximate surface area is 212 Å². The van der Waals surface area contributed by atoms with Crippen molar-refractivity contribution >= 4 is 40.8 Å². The predicted molar refractivity (Wildman–Crippen MR) is 140 cm³/mol. The van der Waals surface area contributed by atoms with E-state index < -0.39 is 11.9 Å². The Balaban J connectivity index is 1.85. The molecule has 188 valence electrons. The molecule has 0 aromatic heterocycles.